The van der Waals surface area contributed by atoms with Crippen molar-refractivity contribution in [2.24, 2.45) is 0 Å². The van der Waals surface area contributed by atoms with Gasteiger partial charge in [-0.3, -0.25) is 4.98 Å². The SMILES string of the molecule is O=S(=O)(CCCCCl)NCc1cncs1. The van der Waals surface area contributed by atoms with Crippen molar-refractivity contribution in [1.82, 2.24) is 9.71 Å². The van der Waals surface area contributed by atoms with Gasteiger partial charge in [0.15, 0.2) is 0 Å². The Labute approximate surface area is 98.7 Å². The van der Waals surface area contributed by atoms with Crippen molar-refractivity contribution in [3.63, 3.8) is 0 Å². The highest BCUT2D eigenvalue weighted by Gasteiger charge is 2.09. The van der Waals surface area contributed by atoms with E-state index in [9.17, 15) is 8.42 Å². The smallest absolute Gasteiger partial charge is 0.211 e. The van der Waals surface area contributed by atoms with Crippen LogP contribution in [0.2, 0.25) is 0 Å². The van der Waals surface area contributed by atoms with Crippen LogP contribution < -0.4 is 4.72 Å². The Morgan fingerprint density at radius 3 is 2.87 bits per heavy atom. The molecule has 7 heteroatoms. The largest absolute Gasteiger partial charge is 0.253 e. The Balaban J connectivity index is 2.30. The van der Waals surface area contributed by atoms with Crippen molar-refractivity contribution in [3.05, 3.63) is 16.6 Å². The topological polar surface area (TPSA) is 59.1 Å². The van der Waals surface area contributed by atoms with E-state index in [2.05, 4.69) is 9.71 Å². The molecule has 1 aromatic heterocycles. The molecule has 86 valence electrons. The van der Waals surface area contributed by atoms with Crippen LogP contribution in [-0.2, 0) is 16.6 Å². The van der Waals surface area contributed by atoms with E-state index in [0.29, 0.717) is 18.8 Å². The third kappa shape index (κ3) is 5.46. The lowest BCUT2D eigenvalue weighted by Crippen LogP contribution is -2.25. The maximum atomic E-state index is 11.4. The Hall–Kier alpha value is -0.170. The number of sulfonamides is 1. The molecule has 1 heterocycles. The second kappa shape index (κ2) is 6.42. The van der Waals surface area contributed by atoms with Gasteiger partial charge in [-0.1, -0.05) is 0 Å². The van der Waals surface area contributed by atoms with Gasteiger partial charge in [-0.05, 0) is 12.8 Å². The first-order valence-corrected chi connectivity index (χ1v) is 7.61. The number of nitrogens with one attached hydrogen (secondary N) is 1. The minimum absolute atomic E-state index is 0.137. The summed E-state index contributed by atoms with van der Waals surface area (Å²) in [7, 11) is -3.16. The van der Waals surface area contributed by atoms with Gasteiger partial charge >= 0.3 is 0 Å². The van der Waals surface area contributed by atoms with Gasteiger partial charge < -0.3 is 0 Å². The van der Waals surface area contributed by atoms with E-state index < -0.39 is 10.0 Å². The van der Waals surface area contributed by atoms with E-state index in [4.69, 9.17) is 11.6 Å². The summed E-state index contributed by atoms with van der Waals surface area (Å²) in [5.74, 6) is 0.642. The number of alkyl halides is 1. The van der Waals surface area contributed by atoms with Crippen molar-refractivity contribution >= 4 is 33.0 Å². The van der Waals surface area contributed by atoms with Crippen LogP contribution in [-0.4, -0.2) is 25.0 Å². The van der Waals surface area contributed by atoms with E-state index in [1.54, 1.807) is 11.7 Å². The summed E-state index contributed by atoms with van der Waals surface area (Å²) >= 11 is 6.90. The molecule has 0 radical (unpaired) electrons. The highest BCUT2D eigenvalue weighted by Crippen LogP contribution is 2.05. The third-order valence-electron chi connectivity index (χ3n) is 1.75. The lowest BCUT2D eigenvalue weighted by atomic mass is 10.4. The van der Waals surface area contributed by atoms with Crippen molar-refractivity contribution in [2.75, 3.05) is 11.6 Å². The van der Waals surface area contributed by atoms with Gasteiger partial charge in [0.2, 0.25) is 10.0 Å². The normalized spacial score (nSPS) is 11.8. The Morgan fingerprint density at radius 2 is 2.27 bits per heavy atom. The maximum absolute atomic E-state index is 11.4. The summed E-state index contributed by atoms with van der Waals surface area (Å²) in [4.78, 5) is 4.78. The monoisotopic (exact) mass is 268 g/mol. The molecule has 0 aliphatic heterocycles. The number of thiazole rings is 1. The average Bonchev–Trinajstić information content (AvgIpc) is 2.68. The van der Waals surface area contributed by atoms with E-state index >= 15 is 0 Å². The van der Waals surface area contributed by atoms with Gasteiger partial charge in [0, 0.05) is 23.5 Å². The number of nitrogens with zero attached hydrogens (tertiary/aromatic N) is 1. The first-order chi connectivity index (χ1) is 7.14. The van der Waals surface area contributed by atoms with Crippen molar-refractivity contribution in [3.8, 4) is 0 Å². The number of hydrogen-bond donors (Lipinski definition) is 1. The van der Waals surface area contributed by atoms with Gasteiger partial charge in [0.25, 0.3) is 0 Å². The summed E-state index contributed by atoms with van der Waals surface area (Å²) in [5, 5.41) is 0. The number of halogens is 1. The molecule has 1 N–H and O–H groups in total. The van der Waals surface area contributed by atoms with E-state index in [0.717, 1.165) is 11.3 Å². The molecule has 0 bridgehead atoms. The molecule has 1 aromatic rings. The molecule has 1 rings (SSSR count). The predicted octanol–water partition coefficient (Wildman–Crippen LogP) is 1.58. The number of rotatable bonds is 7. The van der Waals surface area contributed by atoms with E-state index in [-0.39, 0.29) is 5.75 Å². The zero-order chi connectivity index (χ0) is 11.1. The van der Waals surface area contributed by atoms with Gasteiger partial charge in [0.1, 0.15) is 0 Å². The fraction of sp³-hybridized carbons (Fsp3) is 0.625. The second-order valence-electron chi connectivity index (χ2n) is 3.00. The summed E-state index contributed by atoms with van der Waals surface area (Å²) in [5.41, 5.74) is 1.68. The zero-order valence-corrected chi connectivity index (χ0v) is 10.5. The fourth-order valence-corrected chi connectivity index (χ4v) is 2.89. The van der Waals surface area contributed by atoms with Gasteiger partial charge in [-0.25, -0.2) is 13.1 Å². The molecule has 15 heavy (non-hydrogen) atoms. The maximum Gasteiger partial charge on any atom is 0.211 e. The Morgan fingerprint density at radius 1 is 1.47 bits per heavy atom. The molecule has 0 saturated heterocycles. The Bertz CT molecular complexity index is 364. The first kappa shape index (κ1) is 12.9. The molecule has 0 amide bonds. The van der Waals surface area contributed by atoms with Crippen molar-refractivity contribution in [2.45, 2.75) is 19.4 Å². The highest BCUT2D eigenvalue weighted by atomic mass is 35.5. The van der Waals surface area contributed by atoms with Crippen molar-refractivity contribution in [1.29, 1.82) is 0 Å². The molecule has 0 unspecified atom stereocenters. The van der Waals surface area contributed by atoms with Crippen molar-refractivity contribution < 1.29 is 8.42 Å². The number of unbranched alkanes of at least 4 members (excludes halogenated alkanes) is 1. The second-order valence-corrected chi connectivity index (χ2v) is 6.28. The quantitative estimate of drug-likeness (QED) is 0.603. The molecule has 0 spiro atoms. The minimum atomic E-state index is -3.16. The standard InChI is InChI=1S/C8H13ClN2O2S2/c9-3-1-2-4-15(12,13)11-6-8-5-10-7-14-8/h5,7,11H,1-4,6H2. The van der Waals surface area contributed by atoms with Crippen LogP contribution in [0.15, 0.2) is 11.7 Å². The number of aromatic nitrogens is 1. The van der Waals surface area contributed by atoms with Gasteiger partial charge in [0.05, 0.1) is 11.3 Å². The van der Waals surface area contributed by atoms with Crippen LogP contribution in [0, 0.1) is 0 Å². The molecule has 0 aromatic carbocycles. The lowest BCUT2D eigenvalue weighted by molar-refractivity contribution is 0.578. The summed E-state index contributed by atoms with van der Waals surface area (Å²) < 4.78 is 25.4. The summed E-state index contributed by atoms with van der Waals surface area (Å²) in [6, 6.07) is 0. The first-order valence-electron chi connectivity index (χ1n) is 4.55. The fourth-order valence-electron chi connectivity index (χ4n) is 0.969. The third-order valence-corrected chi connectivity index (χ3v) is 4.20. The predicted molar refractivity (Wildman–Crippen MR) is 62.7 cm³/mol. The molecule has 4 nitrogen and oxygen atoms in total. The van der Waals surface area contributed by atoms with Crippen LogP contribution in [0.1, 0.15) is 17.7 Å². The molecule has 0 aliphatic carbocycles. The van der Waals surface area contributed by atoms with E-state index in [1.807, 2.05) is 0 Å². The molecule has 0 saturated carbocycles. The van der Waals surface area contributed by atoms with Crippen LogP contribution in [0.5, 0.6) is 0 Å². The van der Waals surface area contributed by atoms with Gasteiger partial charge in [-0.2, -0.15) is 0 Å². The van der Waals surface area contributed by atoms with Gasteiger partial charge in [-0.15, -0.1) is 22.9 Å². The zero-order valence-electron chi connectivity index (χ0n) is 8.15. The summed E-state index contributed by atoms with van der Waals surface area (Å²) in [6.07, 6.45) is 2.98. The molecule has 0 atom stereocenters. The van der Waals surface area contributed by atoms with Crippen LogP contribution >= 0.6 is 22.9 Å². The lowest BCUT2D eigenvalue weighted by Gasteiger charge is -2.04. The minimum Gasteiger partial charge on any atom is -0.253 e. The molecular weight excluding hydrogens is 256 g/mol. The molecule has 0 fully saturated rings. The Kier molecular flexibility index (Phi) is 5.52. The van der Waals surface area contributed by atoms with Crippen LogP contribution in [0.25, 0.3) is 0 Å². The average molecular weight is 269 g/mol. The molecule has 0 aliphatic rings. The van der Waals surface area contributed by atoms with Crippen LogP contribution in [0.4, 0.5) is 0 Å². The summed E-state index contributed by atoms with van der Waals surface area (Å²) in [6.45, 7) is 0.327. The highest BCUT2D eigenvalue weighted by molar-refractivity contribution is 7.89. The van der Waals surface area contributed by atoms with E-state index in [1.165, 1.54) is 11.3 Å². The number of hydrogen-bond acceptors (Lipinski definition) is 4. The van der Waals surface area contributed by atoms with Crippen LogP contribution in [0.3, 0.4) is 0 Å². The molecular formula is C8H13ClN2O2S2.